The van der Waals surface area contributed by atoms with Crippen molar-refractivity contribution in [1.82, 2.24) is 10.3 Å². The number of anilines is 1. The number of aromatic nitrogens is 1. The van der Waals surface area contributed by atoms with Crippen molar-refractivity contribution >= 4 is 11.7 Å². The van der Waals surface area contributed by atoms with Gasteiger partial charge in [0.2, 0.25) is 0 Å². The number of pyridine rings is 1. The number of nitrogens with one attached hydrogen (secondary N) is 1. The molecule has 1 rings (SSSR count). The zero-order valence-electron chi connectivity index (χ0n) is 10.7. The van der Waals surface area contributed by atoms with E-state index in [0.29, 0.717) is 6.61 Å². The van der Waals surface area contributed by atoms with Crippen molar-refractivity contribution < 1.29 is 13.9 Å². The van der Waals surface area contributed by atoms with E-state index in [2.05, 4.69) is 10.3 Å². The molecule has 1 aromatic heterocycles. The molecule has 0 saturated carbocycles. The Morgan fingerprint density at radius 2 is 2.28 bits per heavy atom. The average molecular weight is 255 g/mol. The maximum absolute atomic E-state index is 13.0. The normalized spacial score (nSPS) is 12.5. The van der Waals surface area contributed by atoms with E-state index in [0.717, 1.165) is 12.3 Å². The zero-order valence-corrected chi connectivity index (χ0v) is 10.7. The Hall–Kier alpha value is -1.69. The maximum Gasteiger partial charge on any atom is 0.255 e. The van der Waals surface area contributed by atoms with Gasteiger partial charge in [0.25, 0.3) is 5.91 Å². The number of ether oxygens (including phenoxy) is 1. The van der Waals surface area contributed by atoms with Gasteiger partial charge >= 0.3 is 0 Å². The standard InChI is InChI=1S/C12H18FN3O2/c1-7(2)10(6-18-3)16-12(17)9-4-8(13)5-15-11(9)14/h4-5,7,10H,6H2,1-3H3,(H2,14,15)(H,16,17). The number of carbonyl (C=O) groups excluding carboxylic acids is 1. The van der Waals surface area contributed by atoms with E-state index in [4.69, 9.17) is 10.5 Å². The first-order valence-electron chi connectivity index (χ1n) is 5.66. The lowest BCUT2D eigenvalue weighted by atomic mass is 10.0. The Kier molecular flexibility index (Phi) is 5.03. The number of nitrogen functional groups attached to an aromatic ring is 1. The maximum atomic E-state index is 13.0. The molecule has 0 spiro atoms. The third-order valence-electron chi connectivity index (χ3n) is 2.60. The van der Waals surface area contributed by atoms with Crippen LogP contribution < -0.4 is 11.1 Å². The van der Waals surface area contributed by atoms with E-state index in [-0.39, 0.29) is 23.3 Å². The summed E-state index contributed by atoms with van der Waals surface area (Å²) in [6.45, 7) is 4.29. The van der Waals surface area contributed by atoms with Crippen LogP contribution in [0, 0.1) is 11.7 Å². The summed E-state index contributed by atoms with van der Waals surface area (Å²) in [5.41, 5.74) is 5.58. The van der Waals surface area contributed by atoms with Crippen LogP contribution in [0.25, 0.3) is 0 Å². The molecule has 0 aromatic carbocycles. The smallest absolute Gasteiger partial charge is 0.255 e. The van der Waals surface area contributed by atoms with E-state index < -0.39 is 11.7 Å². The zero-order chi connectivity index (χ0) is 13.7. The Labute approximate surface area is 106 Å². The number of amides is 1. The first-order chi connectivity index (χ1) is 8.45. The largest absolute Gasteiger partial charge is 0.383 e. The molecule has 100 valence electrons. The molecule has 1 unspecified atom stereocenters. The molecule has 0 saturated heterocycles. The molecule has 0 bridgehead atoms. The molecule has 3 N–H and O–H groups in total. The monoisotopic (exact) mass is 255 g/mol. The average Bonchev–Trinajstić information content (AvgIpc) is 2.31. The number of carbonyl (C=O) groups is 1. The Morgan fingerprint density at radius 3 is 2.83 bits per heavy atom. The lowest BCUT2D eigenvalue weighted by Crippen LogP contribution is -2.42. The van der Waals surface area contributed by atoms with Crippen LogP contribution in [0.5, 0.6) is 0 Å². The van der Waals surface area contributed by atoms with Crippen molar-refractivity contribution in [1.29, 1.82) is 0 Å². The molecule has 1 amide bonds. The van der Waals surface area contributed by atoms with Crippen molar-refractivity contribution in [3.8, 4) is 0 Å². The van der Waals surface area contributed by atoms with Gasteiger partial charge in [-0.1, -0.05) is 13.8 Å². The summed E-state index contributed by atoms with van der Waals surface area (Å²) in [5.74, 6) is -0.845. The number of hydrogen-bond donors (Lipinski definition) is 2. The number of nitrogens with two attached hydrogens (primary N) is 1. The molecule has 0 aliphatic rings. The van der Waals surface area contributed by atoms with Crippen LogP contribution in [-0.4, -0.2) is 30.6 Å². The van der Waals surface area contributed by atoms with E-state index in [1.165, 1.54) is 0 Å². The number of methoxy groups -OCH3 is 1. The van der Waals surface area contributed by atoms with E-state index >= 15 is 0 Å². The topological polar surface area (TPSA) is 77.2 Å². The fraction of sp³-hybridized carbons (Fsp3) is 0.500. The van der Waals surface area contributed by atoms with E-state index in [1.54, 1.807) is 7.11 Å². The highest BCUT2D eigenvalue weighted by molar-refractivity contribution is 5.98. The number of halogens is 1. The number of hydrogen-bond acceptors (Lipinski definition) is 4. The van der Waals surface area contributed by atoms with Gasteiger partial charge in [0.05, 0.1) is 24.4 Å². The summed E-state index contributed by atoms with van der Waals surface area (Å²) in [6, 6.07) is 0.909. The summed E-state index contributed by atoms with van der Waals surface area (Å²) in [6.07, 6.45) is 0.973. The SMILES string of the molecule is COCC(NC(=O)c1cc(F)cnc1N)C(C)C. The van der Waals surface area contributed by atoms with Crippen LogP contribution in [0.1, 0.15) is 24.2 Å². The minimum atomic E-state index is -0.595. The molecule has 6 heteroatoms. The quantitative estimate of drug-likeness (QED) is 0.829. The van der Waals surface area contributed by atoms with Crippen LogP contribution >= 0.6 is 0 Å². The summed E-state index contributed by atoms with van der Waals surface area (Å²) in [5, 5.41) is 2.75. The molecule has 0 aliphatic heterocycles. The van der Waals surface area contributed by atoms with Crippen LogP contribution in [-0.2, 0) is 4.74 Å². The molecule has 0 aliphatic carbocycles. The van der Waals surface area contributed by atoms with Crippen molar-refractivity contribution in [2.24, 2.45) is 5.92 Å². The molecule has 0 radical (unpaired) electrons. The lowest BCUT2D eigenvalue weighted by Gasteiger charge is -2.21. The molecular weight excluding hydrogens is 237 g/mol. The van der Waals surface area contributed by atoms with Crippen molar-refractivity contribution in [2.75, 3.05) is 19.5 Å². The van der Waals surface area contributed by atoms with Crippen molar-refractivity contribution in [3.63, 3.8) is 0 Å². The molecule has 18 heavy (non-hydrogen) atoms. The third kappa shape index (κ3) is 3.66. The fourth-order valence-corrected chi connectivity index (χ4v) is 1.46. The van der Waals surface area contributed by atoms with Crippen LogP contribution in [0.4, 0.5) is 10.2 Å². The fourth-order valence-electron chi connectivity index (χ4n) is 1.46. The Bertz CT molecular complexity index is 424. The van der Waals surface area contributed by atoms with Gasteiger partial charge in [0.1, 0.15) is 11.6 Å². The van der Waals surface area contributed by atoms with Crippen molar-refractivity contribution in [3.05, 3.63) is 23.6 Å². The van der Waals surface area contributed by atoms with Gasteiger partial charge in [0, 0.05) is 7.11 Å². The van der Waals surface area contributed by atoms with E-state index in [9.17, 15) is 9.18 Å². The highest BCUT2D eigenvalue weighted by Gasteiger charge is 2.19. The first-order valence-corrected chi connectivity index (χ1v) is 5.66. The predicted octanol–water partition coefficient (Wildman–Crippen LogP) is 1.20. The summed E-state index contributed by atoms with van der Waals surface area (Å²) in [7, 11) is 1.56. The van der Waals surface area contributed by atoms with Gasteiger partial charge in [-0.05, 0) is 12.0 Å². The molecule has 0 fully saturated rings. The second-order valence-corrected chi connectivity index (χ2v) is 4.37. The molecule has 1 aromatic rings. The third-order valence-corrected chi connectivity index (χ3v) is 2.60. The second-order valence-electron chi connectivity index (χ2n) is 4.37. The molecule has 5 nitrogen and oxygen atoms in total. The van der Waals surface area contributed by atoms with Gasteiger partial charge in [-0.15, -0.1) is 0 Å². The minimum Gasteiger partial charge on any atom is -0.383 e. The summed E-state index contributed by atoms with van der Waals surface area (Å²) >= 11 is 0. The molecule has 1 atom stereocenters. The van der Waals surface area contributed by atoms with Crippen molar-refractivity contribution in [2.45, 2.75) is 19.9 Å². The number of nitrogens with zero attached hydrogens (tertiary/aromatic N) is 1. The Morgan fingerprint density at radius 1 is 1.61 bits per heavy atom. The second kappa shape index (κ2) is 6.30. The van der Waals surface area contributed by atoms with E-state index in [1.807, 2.05) is 13.8 Å². The summed E-state index contributed by atoms with van der Waals surface area (Å²) < 4.78 is 18.0. The molecular formula is C12H18FN3O2. The predicted molar refractivity (Wildman–Crippen MR) is 66.6 cm³/mol. The highest BCUT2D eigenvalue weighted by atomic mass is 19.1. The highest BCUT2D eigenvalue weighted by Crippen LogP contribution is 2.11. The summed E-state index contributed by atoms with van der Waals surface area (Å²) in [4.78, 5) is 15.6. The van der Waals surface area contributed by atoms with Gasteiger partial charge in [-0.3, -0.25) is 4.79 Å². The van der Waals surface area contributed by atoms with Crippen LogP contribution in [0.3, 0.4) is 0 Å². The first kappa shape index (κ1) is 14.4. The lowest BCUT2D eigenvalue weighted by molar-refractivity contribution is 0.0867. The van der Waals surface area contributed by atoms with Crippen LogP contribution in [0.2, 0.25) is 0 Å². The van der Waals surface area contributed by atoms with Gasteiger partial charge in [-0.25, -0.2) is 9.37 Å². The van der Waals surface area contributed by atoms with Crippen LogP contribution in [0.15, 0.2) is 12.3 Å². The minimum absolute atomic E-state index is 0.00817. The Balaban J connectivity index is 2.83. The van der Waals surface area contributed by atoms with Gasteiger partial charge in [-0.2, -0.15) is 0 Å². The van der Waals surface area contributed by atoms with Gasteiger partial charge < -0.3 is 15.8 Å². The molecule has 1 heterocycles. The number of rotatable bonds is 5. The van der Waals surface area contributed by atoms with Gasteiger partial charge in [0.15, 0.2) is 0 Å².